The highest BCUT2D eigenvalue weighted by atomic mass is 35.5. The summed E-state index contributed by atoms with van der Waals surface area (Å²) in [5.74, 6) is -1.64. The number of nitrogens with two attached hydrogens (primary N) is 1. The molecule has 0 fully saturated rings. The Labute approximate surface area is 218 Å². The molecule has 0 bridgehead atoms. The summed E-state index contributed by atoms with van der Waals surface area (Å²) in [4.78, 5) is 29.1. The van der Waals surface area contributed by atoms with E-state index in [9.17, 15) is 19.8 Å². The smallest absolute Gasteiger partial charge is 0.258 e. The van der Waals surface area contributed by atoms with Crippen molar-refractivity contribution in [2.24, 2.45) is 15.8 Å². The summed E-state index contributed by atoms with van der Waals surface area (Å²) in [6.07, 6.45) is 0. The molecule has 1 aliphatic rings. The molecule has 0 radical (unpaired) electrons. The molecule has 0 saturated heterocycles. The lowest BCUT2D eigenvalue weighted by atomic mass is 9.86. The third-order valence-electron chi connectivity index (χ3n) is 5.90. The van der Waals surface area contributed by atoms with E-state index < -0.39 is 30.1 Å². The van der Waals surface area contributed by atoms with Gasteiger partial charge in [-0.25, -0.2) is 10.0 Å². The molecule has 3 aromatic carbocycles. The lowest BCUT2D eigenvalue weighted by molar-refractivity contribution is -0.119. The number of aryl methyl sites for hydroxylation is 1. The van der Waals surface area contributed by atoms with Crippen LogP contribution in [0.2, 0.25) is 5.02 Å². The van der Waals surface area contributed by atoms with E-state index in [0.717, 1.165) is 5.56 Å². The fourth-order valence-electron chi connectivity index (χ4n) is 3.91. The van der Waals surface area contributed by atoms with Crippen LogP contribution in [0, 0.1) is 6.92 Å². The predicted octanol–water partition coefficient (Wildman–Crippen LogP) is 2.19. The van der Waals surface area contributed by atoms with Crippen molar-refractivity contribution >= 4 is 35.1 Å². The number of aliphatic hydroxyl groups excluding tert-OH is 1. The van der Waals surface area contributed by atoms with Crippen molar-refractivity contribution in [2.45, 2.75) is 18.6 Å². The second-order valence-corrected chi connectivity index (χ2v) is 9.05. The molecule has 0 aliphatic carbocycles. The number of β-amino-alcohol motifs (C(OH)–C–C–N with tert-alkyl or cyclic N) is 1. The number of aliphatic hydroxyl groups is 2. The van der Waals surface area contributed by atoms with E-state index in [2.05, 4.69) is 15.4 Å². The largest absolute Gasteiger partial charge is 0.394 e. The Morgan fingerprint density at radius 2 is 1.84 bits per heavy atom. The van der Waals surface area contributed by atoms with Crippen LogP contribution in [0.1, 0.15) is 27.0 Å². The van der Waals surface area contributed by atoms with Crippen LogP contribution >= 0.6 is 11.6 Å². The standard InChI is InChI=1S/C27H26ClN5O4/c1-17-10-12-18(13-11-17)23-27(37,20-7-3-2-4-8-20)16-33(32-23)26(30-22(15-34)24(29)35)31-25(36)19-6-5-9-21(28)14-19/h2-14,22,34,37H,15-16H2,1H3,(H2,29,35)(H,30,31,36). The zero-order valence-electron chi connectivity index (χ0n) is 20.0. The molecule has 0 aromatic heterocycles. The van der Waals surface area contributed by atoms with Crippen LogP contribution in [0.3, 0.4) is 0 Å². The van der Waals surface area contributed by atoms with Gasteiger partial charge in [0.25, 0.3) is 5.91 Å². The summed E-state index contributed by atoms with van der Waals surface area (Å²) in [5.41, 5.74) is 6.64. The average Bonchev–Trinajstić information content (AvgIpc) is 3.25. The molecule has 4 rings (SSSR count). The third kappa shape index (κ3) is 5.69. The molecule has 2 atom stereocenters. The molecule has 9 nitrogen and oxygen atoms in total. The summed E-state index contributed by atoms with van der Waals surface area (Å²) in [6, 6.07) is 21.4. The van der Waals surface area contributed by atoms with Crippen LogP contribution in [-0.4, -0.2) is 57.9 Å². The van der Waals surface area contributed by atoms with Gasteiger partial charge in [0.05, 0.1) is 13.2 Å². The van der Waals surface area contributed by atoms with Crippen LogP contribution < -0.4 is 11.1 Å². The first kappa shape index (κ1) is 26.0. The van der Waals surface area contributed by atoms with Gasteiger partial charge in [-0.05, 0) is 30.7 Å². The Morgan fingerprint density at radius 3 is 2.46 bits per heavy atom. The van der Waals surface area contributed by atoms with E-state index in [0.29, 0.717) is 21.9 Å². The van der Waals surface area contributed by atoms with Crippen molar-refractivity contribution in [2.75, 3.05) is 13.2 Å². The third-order valence-corrected chi connectivity index (χ3v) is 6.14. The summed E-state index contributed by atoms with van der Waals surface area (Å²) < 4.78 is 0. The average molecular weight is 520 g/mol. The van der Waals surface area contributed by atoms with Crippen LogP contribution in [-0.2, 0) is 10.4 Å². The monoisotopic (exact) mass is 519 g/mol. The van der Waals surface area contributed by atoms with Gasteiger partial charge in [-0.1, -0.05) is 77.8 Å². The maximum atomic E-state index is 13.1. The quantitative estimate of drug-likeness (QED) is 0.292. The van der Waals surface area contributed by atoms with E-state index in [1.807, 2.05) is 37.3 Å². The SMILES string of the molecule is Cc1ccc(C2=NN(C(=NC(CO)C(N)=O)NC(=O)c3cccc(Cl)c3)CC2(O)c2ccccc2)cc1. The van der Waals surface area contributed by atoms with E-state index in [-0.39, 0.29) is 18.1 Å². The maximum Gasteiger partial charge on any atom is 0.258 e. The Balaban J connectivity index is 1.80. The van der Waals surface area contributed by atoms with Crippen molar-refractivity contribution in [3.63, 3.8) is 0 Å². The van der Waals surface area contributed by atoms with Gasteiger partial charge in [-0.2, -0.15) is 5.10 Å². The highest BCUT2D eigenvalue weighted by molar-refractivity contribution is 6.31. The molecule has 0 spiro atoms. The van der Waals surface area contributed by atoms with Gasteiger partial charge in [0.1, 0.15) is 5.71 Å². The molecular weight excluding hydrogens is 494 g/mol. The van der Waals surface area contributed by atoms with Crippen LogP contribution in [0.5, 0.6) is 0 Å². The van der Waals surface area contributed by atoms with Crippen molar-refractivity contribution in [1.82, 2.24) is 10.3 Å². The molecule has 2 amide bonds. The number of amides is 2. The molecule has 10 heteroatoms. The maximum absolute atomic E-state index is 13.1. The lowest BCUT2D eigenvalue weighted by Gasteiger charge is -2.26. The second kappa shape index (κ2) is 10.9. The number of halogens is 1. The number of benzene rings is 3. The summed E-state index contributed by atoms with van der Waals surface area (Å²) in [7, 11) is 0. The van der Waals surface area contributed by atoms with Gasteiger partial charge >= 0.3 is 0 Å². The summed E-state index contributed by atoms with van der Waals surface area (Å²) in [6.45, 7) is 1.13. The number of hydrogen-bond donors (Lipinski definition) is 4. The number of carbonyl (C=O) groups is 2. The van der Waals surface area contributed by atoms with Gasteiger partial charge in [0.15, 0.2) is 11.6 Å². The summed E-state index contributed by atoms with van der Waals surface area (Å²) in [5, 5.41) is 30.5. The predicted molar refractivity (Wildman–Crippen MR) is 141 cm³/mol. The van der Waals surface area contributed by atoms with Gasteiger partial charge in [0.2, 0.25) is 11.9 Å². The highest BCUT2D eigenvalue weighted by Crippen LogP contribution is 2.33. The molecule has 0 saturated carbocycles. The number of nitrogens with zero attached hydrogens (tertiary/aromatic N) is 3. The van der Waals surface area contributed by atoms with Gasteiger partial charge in [0, 0.05) is 16.1 Å². The number of hydrazone groups is 1. The minimum absolute atomic E-state index is 0.133. The number of nitrogens with one attached hydrogen (secondary N) is 1. The van der Waals surface area contributed by atoms with Gasteiger partial charge in [-0.15, -0.1) is 0 Å². The minimum Gasteiger partial charge on any atom is -0.394 e. The van der Waals surface area contributed by atoms with Crippen molar-refractivity contribution in [3.05, 3.63) is 106 Å². The first-order chi connectivity index (χ1) is 17.7. The normalized spacial score (nSPS) is 18.3. The van der Waals surface area contributed by atoms with Crippen molar-refractivity contribution in [3.8, 4) is 0 Å². The number of guanidine groups is 1. The number of aliphatic imine (C=N–C) groups is 1. The van der Waals surface area contributed by atoms with Crippen LogP contribution in [0.25, 0.3) is 0 Å². The molecule has 1 heterocycles. The zero-order valence-corrected chi connectivity index (χ0v) is 20.8. The number of hydrogen-bond acceptors (Lipinski definition) is 6. The highest BCUT2D eigenvalue weighted by Gasteiger charge is 2.45. The van der Waals surface area contributed by atoms with Crippen LogP contribution in [0.15, 0.2) is 89.0 Å². The van der Waals surface area contributed by atoms with E-state index >= 15 is 0 Å². The molecule has 2 unspecified atom stereocenters. The Morgan fingerprint density at radius 1 is 1.14 bits per heavy atom. The first-order valence-corrected chi connectivity index (χ1v) is 11.9. The topological polar surface area (TPSA) is 141 Å². The molecular formula is C27H26ClN5O4. The Bertz CT molecular complexity index is 1360. The molecule has 1 aliphatic heterocycles. The Kier molecular flexibility index (Phi) is 7.68. The fraction of sp³-hybridized carbons (Fsp3) is 0.185. The van der Waals surface area contributed by atoms with Gasteiger partial charge < -0.3 is 15.9 Å². The number of carbonyl (C=O) groups excluding carboxylic acids is 2. The molecule has 5 N–H and O–H groups in total. The minimum atomic E-state index is -1.58. The first-order valence-electron chi connectivity index (χ1n) is 11.5. The van der Waals surface area contributed by atoms with E-state index in [4.69, 9.17) is 17.3 Å². The van der Waals surface area contributed by atoms with E-state index in [1.54, 1.807) is 42.5 Å². The fourth-order valence-corrected chi connectivity index (χ4v) is 4.10. The van der Waals surface area contributed by atoms with Crippen LogP contribution in [0.4, 0.5) is 0 Å². The Hall–Kier alpha value is -4.05. The lowest BCUT2D eigenvalue weighted by Crippen LogP contribution is -2.46. The van der Waals surface area contributed by atoms with Gasteiger partial charge in [-0.3, -0.25) is 14.9 Å². The molecule has 3 aromatic rings. The molecule has 37 heavy (non-hydrogen) atoms. The second-order valence-electron chi connectivity index (χ2n) is 8.62. The van der Waals surface area contributed by atoms with Crippen molar-refractivity contribution < 1.29 is 19.8 Å². The number of primary amides is 1. The zero-order chi connectivity index (χ0) is 26.6. The number of rotatable bonds is 6. The van der Waals surface area contributed by atoms with Crippen molar-refractivity contribution in [1.29, 1.82) is 0 Å². The van der Waals surface area contributed by atoms with E-state index in [1.165, 1.54) is 11.1 Å². The summed E-state index contributed by atoms with van der Waals surface area (Å²) >= 11 is 6.03. The molecule has 190 valence electrons.